The van der Waals surface area contributed by atoms with Crippen LogP contribution in [0.25, 0.3) is 0 Å². The van der Waals surface area contributed by atoms with Crippen molar-refractivity contribution < 1.29 is 13.2 Å². The highest BCUT2D eigenvalue weighted by atomic mass is 32.2. The van der Waals surface area contributed by atoms with Crippen molar-refractivity contribution in [2.75, 3.05) is 19.8 Å². The fraction of sp³-hybridized carbons (Fsp3) is 0.909. The van der Waals surface area contributed by atoms with E-state index in [1.165, 1.54) is 14.1 Å². The van der Waals surface area contributed by atoms with Gasteiger partial charge in [0.05, 0.1) is 5.75 Å². The monoisotopic (exact) mass is 262 g/mol. The van der Waals surface area contributed by atoms with Crippen molar-refractivity contribution in [1.82, 2.24) is 9.62 Å². The van der Waals surface area contributed by atoms with Crippen LogP contribution in [0.3, 0.4) is 0 Å². The van der Waals surface area contributed by atoms with E-state index in [9.17, 15) is 13.2 Å². The van der Waals surface area contributed by atoms with Gasteiger partial charge in [0.1, 0.15) is 0 Å². The lowest BCUT2D eigenvalue weighted by molar-refractivity contribution is -0.121. The van der Waals surface area contributed by atoms with Gasteiger partial charge in [-0.05, 0) is 18.8 Å². The molecule has 1 amide bonds. The van der Waals surface area contributed by atoms with Crippen LogP contribution in [0.4, 0.5) is 0 Å². The Balaban J connectivity index is 2.36. The number of carbonyl (C=O) groups is 1. The molecule has 0 aromatic heterocycles. The lowest BCUT2D eigenvalue weighted by Gasteiger charge is -2.17. The van der Waals surface area contributed by atoms with Gasteiger partial charge in [0, 0.05) is 26.6 Å². The molecule has 1 rings (SSSR count). The highest BCUT2D eigenvalue weighted by Gasteiger charge is 2.25. The number of hydrogen-bond donors (Lipinski definition) is 1. The molecular formula is C11H22N2O3S. The van der Waals surface area contributed by atoms with Crippen molar-refractivity contribution >= 4 is 15.9 Å². The second-order valence-electron chi connectivity index (χ2n) is 4.93. The molecule has 0 heterocycles. The van der Waals surface area contributed by atoms with E-state index in [0.29, 0.717) is 5.92 Å². The van der Waals surface area contributed by atoms with Crippen LogP contribution in [-0.4, -0.2) is 44.5 Å². The Kier molecular flexibility index (Phi) is 4.94. The zero-order chi connectivity index (χ0) is 13.1. The summed E-state index contributed by atoms with van der Waals surface area (Å²) < 4.78 is 24.1. The first-order valence-electron chi connectivity index (χ1n) is 6.02. The molecule has 0 aliphatic heterocycles. The van der Waals surface area contributed by atoms with E-state index >= 15 is 0 Å². The van der Waals surface area contributed by atoms with Gasteiger partial charge in [-0.1, -0.05) is 13.3 Å². The van der Waals surface area contributed by atoms with E-state index in [0.717, 1.165) is 23.6 Å². The molecule has 1 aliphatic rings. The highest BCUT2D eigenvalue weighted by molar-refractivity contribution is 7.89. The first kappa shape index (κ1) is 14.4. The minimum absolute atomic E-state index is 0.0454. The lowest BCUT2D eigenvalue weighted by Crippen LogP contribution is -2.38. The molecule has 0 saturated heterocycles. The number of sulfonamides is 1. The molecule has 0 aromatic rings. The molecule has 5 nitrogen and oxygen atoms in total. The second-order valence-corrected chi connectivity index (χ2v) is 7.23. The first-order valence-corrected chi connectivity index (χ1v) is 7.63. The summed E-state index contributed by atoms with van der Waals surface area (Å²) in [6, 6.07) is 0.226. The van der Waals surface area contributed by atoms with E-state index in [1.807, 2.05) is 0 Å². The smallest absolute Gasteiger partial charge is 0.221 e. The fourth-order valence-electron chi connectivity index (χ4n) is 2.04. The van der Waals surface area contributed by atoms with E-state index in [1.54, 1.807) is 0 Å². The molecule has 17 heavy (non-hydrogen) atoms. The third kappa shape index (κ3) is 4.27. The van der Waals surface area contributed by atoms with Crippen LogP contribution in [0.5, 0.6) is 0 Å². The first-order chi connectivity index (χ1) is 7.83. The predicted molar refractivity (Wildman–Crippen MR) is 67.0 cm³/mol. The maximum atomic E-state index is 11.6. The summed E-state index contributed by atoms with van der Waals surface area (Å²) in [4.78, 5) is 11.6. The van der Waals surface area contributed by atoms with Crippen molar-refractivity contribution in [2.45, 2.75) is 38.6 Å². The Morgan fingerprint density at radius 3 is 2.47 bits per heavy atom. The summed E-state index contributed by atoms with van der Waals surface area (Å²) in [5.41, 5.74) is 0. The van der Waals surface area contributed by atoms with Crippen molar-refractivity contribution in [3.8, 4) is 0 Å². The van der Waals surface area contributed by atoms with E-state index in [2.05, 4.69) is 12.2 Å². The van der Waals surface area contributed by atoms with Crippen LogP contribution in [0.1, 0.15) is 32.6 Å². The Morgan fingerprint density at radius 1 is 1.35 bits per heavy atom. The molecule has 2 atom stereocenters. The molecule has 0 radical (unpaired) electrons. The summed E-state index contributed by atoms with van der Waals surface area (Å²) in [5, 5.41) is 2.92. The normalized spacial score (nSPS) is 25.2. The zero-order valence-electron chi connectivity index (χ0n) is 10.8. The van der Waals surface area contributed by atoms with Crippen LogP contribution >= 0.6 is 0 Å². The number of nitrogens with zero attached hydrogens (tertiary/aromatic N) is 1. The molecular weight excluding hydrogens is 240 g/mol. The number of nitrogens with one attached hydrogen (secondary N) is 1. The molecule has 0 aromatic carbocycles. The Bertz CT molecular complexity index is 365. The van der Waals surface area contributed by atoms with Gasteiger partial charge in [-0.3, -0.25) is 4.79 Å². The van der Waals surface area contributed by atoms with Crippen LogP contribution in [0.15, 0.2) is 0 Å². The number of amides is 1. The van der Waals surface area contributed by atoms with Gasteiger partial charge < -0.3 is 5.32 Å². The summed E-state index contributed by atoms with van der Waals surface area (Å²) in [6.45, 7) is 2.12. The quantitative estimate of drug-likeness (QED) is 0.788. The average molecular weight is 262 g/mol. The predicted octanol–water partition coefficient (Wildman–Crippen LogP) is 0.573. The Hall–Kier alpha value is -0.620. The molecule has 1 fully saturated rings. The second kappa shape index (κ2) is 5.82. The van der Waals surface area contributed by atoms with Crippen LogP contribution in [-0.2, 0) is 14.8 Å². The van der Waals surface area contributed by atoms with Gasteiger partial charge in [0.25, 0.3) is 0 Å². The van der Waals surface area contributed by atoms with Crippen molar-refractivity contribution in [3.63, 3.8) is 0 Å². The molecule has 100 valence electrons. The van der Waals surface area contributed by atoms with Crippen molar-refractivity contribution in [1.29, 1.82) is 0 Å². The lowest BCUT2D eigenvalue weighted by atomic mass is 10.1. The Morgan fingerprint density at radius 2 is 2.00 bits per heavy atom. The van der Waals surface area contributed by atoms with E-state index in [-0.39, 0.29) is 24.1 Å². The van der Waals surface area contributed by atoms with Crippen LogP contribution in [0.2, 0.25) is 0 Å². The molecule has 0 unspecified atom stereocenters. The number of carbonyl (C=O) groups excluding carboxylic acids is 1. The third-order valence-corrected chi connectivity index (χ3v) is 5.18. The maximum absolute atomic E-state index is 11.6. The van der Waals surface area contributed by atoms with Gasteiger partial charge in [0.15, 0.2) is 0 Å². The molecule has 6 heteroatoms. The molecule has 1 aliphatic carbocycles. The summed E-state index contributed by atoms with van der Waals surface area (Å²) in [7, 11) is -0.311. The minimum Gasteiger partial charge on any atom is -0.353 e. The van der Waals surface area contributed by atoms with Gasteiger partial charge in [-0.25, -0.2) is 12.7 Å². The van der Waals surface area contributed by atoms with Crippen LogP contribution in [0, 0.1) is 5.92 Å². The summed E-state index contributed by atoms with van der Waals surface area (Å²) in [5.74, 6) is 0.228. The summed E-state index contributed by atoms with van der Waals surface area (Å²) in [6.07, 6.45) is 3.33. The molecule has 0 spiro atoms. The Labute approximate surface area is 104 Å². The van der Waals surface area contributed by atoms with E-state index in [4.69, 9.17) is 0 Å². The topological polar surface area (TPSA) is 66.5 Å². The third-order valence-electron chi connectivity index (χ3n) is 3.35. The van der Waals surface area contributed by atoms with E-state index < -0.39 is 10.0 Å². The largest absolute Gasteiger partial charge is 0.353 e. The SMILES string of the molecule is C[C@@H]1CCC[C@H]1NC(=O)CCS(=O)(=O)N(C)C. The number of hydrogen-bond acceptors (Lipinski definition) is 3. The standard InChI is InChI=1S/C11H22N2O3S/c1-9-5-4-6-10(9)12-11(14)7-8-17(15,16)13(2)3/h9-10H,4-8H2,1-3H3,(H,12,14)/t9-,10-/m1/s1. The van der Waals surface area contributed by atoms with Gasteiger partial charge >= 0.3 is 0 Å². The van der Waals surface area contributed by atoms with Gasteiger partial charge in [0.2, 0.25) is 15.9 Å². The number of rotatable bonds is 5. The van der Waals surface area contributed by atoms with Crippen molar-refractivity contribution in [2.24, 2.45) is 5.92 Å². The highest BCUT2D eigenvalue weighted by Crippen LogP contribution is 2.24. The average Bonchev–Trinajstić information content (AvgIpc) is 2.61. The molecule has 0 bridgehead atoms. The molecule has 1 N–H and O–H groups in total. The fourth-order valence-corrected chi connectivity index (χ4v) is 2.85. The van der Waals surface area contributed by atoms with Gasteiger partial charge in [-0.2, -0.15) is 0 Å². The molecule has 1 saturated carbocycles. The van der Waals surface area contributed by atoms with Crippen molar-refractivity contribution in [3.05, 3.63) is 0 Å². The minimum atomic E-state index is -3.27. The maximum Gasteiger partial charge on any atom is 0.221 e. The van der Waals surface area contributed by atoms with Crippen LogP contribution < -0.4 is 5.32 Å². The zero-order valence-corrected chi connectivity index (χ0v) is 11.6. The van der Waals surface area contributed by atoms with Gasteiger partial charge in [-0.15, -0.1) is 0 Å². The summed E-state index contributed by atoms with van der Waals surface area (Å²) >= 11 is 0.